The molecule has 0 bridgehead atoms. The van der Waals surface area contributed by atoms with Crippen LogP contribution in [0.25, 0.3) is 0 Å². The van der Waals surface area contributed by atoms with Crippen LogP contribution >= 0.6 is 0 Å². The van der Waals surface area contributed by atoms with Crippen LogP contribution in [0.3, 0.4) is 0 Å². The predicted octanol–water partition coefficient (Wildman–Crippen LogP) is 1.47. The Labute approximate surface area is 112 Å². The molecule has 19 heavy (non-hydrogen) atoms. The fourth-order valence-electron chi connectivity index (χ4n) is 2.81. The van der Waals surface area contributed by atoms with Crippen LogP contribution in [0.5, 0.6) is 5.75 Å². The summed E-state index contributed by atoms with van der Waals surface area (Å²) in [6.45, 7) is 2.79. The number of carbonyl (C=O) groups is 1. The molecule has 0 saturated carbocycles. The van der Waals surface area contributed by atoms with E-state index in [0.29, 0.717) is 13.1 Å². The summed E-state index contributed by atoms with van der Waals surface area (Å²) < 4.78 is 5.58. The van der Waals surface area contributed by atoms with E-state index in [9.17, 15) is 9.90 Å². The lowest BCUT2D eigenvalue weighted by Crippen LogP contribution is -2.44. The first-order valence-electron chi connectivity index (χ1n) is 6.64. The van der Waals surface area contributed by atoms with Gasteiger partial charge < -0.3 is 15.2 Å². The number of piperidine rings is 1. The molecule has 2 aliphatic heterocycles. The van der Waals surface area contributed by atoms with Crippen molar-refractivity contribution in [3.05, 3.63) is 29.8 Å². The number of phenols is 1. The number of nitrogens with one attached hydrogen (secondary N) is 1. The maximum Gasteiger partial charge on any atom is 0.410 e. The summed E-state index contributed by atoms with van der Waals surface area (Å²) >= 11 is 0. The van der Waals surface area contributed by atoms with Crippen LogP contribution in [0.2, 0.25) is 0 Å². The minimum absolute atomic E-state index is 0.224. The first kappa shape index (κ1) is 12.3. The molecule has 0 atom stereocenters. The van der Waals surface area contributed by atoms with Crippen molar-refractivity contribution in [1.29, 1.82) is 0 Å². The van der Waals surface area contributed by atoms with Crippen LogP contribution in [0, 0.1) is 0 Å². The standard InChI is InChI=1S/C14H18N2O3/c17-12-4-2-1-3-11(12)9-16-10-14(19-13(16)18)5-7-15-8-6-14/h1-4,15,17H,5-10H2. The van der Waals surface area contributed by atoms with Gasteiger partial charge in [0.05, 0.1) is 13.1 Å². The Hall–Kier alpha value is -1.75. The van der Waals surface area contributed by atoms with Crippen LogP contribution in [-0.2, 0) is 11.3 Å². The van der Waals surface area contributed by atoms with Crippen molar-refractivity contribution in [1.82, 2.24) is 10.2 Å². The Morgan fingerprint density at radius 2 is 2.05 bits per heavy atom. The maximum atomic E-state index is 12.0. The Bertz CT molecular complexity index is 483. The molecule has 1 spiro atoms. The van der Waals surface area contributed by atoms with E-state index >= 15 is 0 Å². The van der Waals surface area contributed by atoms with Gasteiger partial charge in [-0.05, 0) is 19.2 Å². The molecule has 0 radical (unpaired) electrons. The zero-order valence-electron chi connectivity index (χ0n) is 10.8. The number of phenolic OH excluding ortho intramolecular Hbond substituents is 1. The van der Waals surface area contributed by atoms with Crippen molar-refractivity contribution < 1.29 is 14.6 Å². The van der Waals surface area contributed by atoms with Crippen molar-refractivity contribution in [3.63, 3.8) is 0 Å². The van der Waals surface area contributed by atoms with Gasteiger partial charge in [0.2, 0.25) is 0 Å². The minimum Gasteiger partial charge on any atom is -0.508 e. The average Bonchev–Trinajstić information content (AvgIpc) is 2.69. The normalized spacial score (nSPS) is 21.7. The van der Waals surface area contributed by atoms with Crippen molar-refractivity contribution >= 4 is 6.09 Å². The number of hydrogen-bond acceptors (Lipinski definition) is 4. The highest BCUT2D eigenvalue weighted by atomic mass is 16.6. The summed E-state index contributed by atoms with van der Waals surface area (Å²) in [5.41, 5.74) is 0.428. The summed E-state index contributed by atoms with van der Waals surface area (Å²) in [4.78, 5) is 13.6. The van der Waals surface area contributed by atoms with Gasteiger partial charge in [0.25, 0.3) is 0 Å². The summed E-state index contributed by atoms with van der Waals surface area (Å²) in [7, 11) is 0. The van der Waals surface area contributed by atoms with Gasteiger partial charge in [0.15, 0.2) is 0 Å². The second-order valence-electron chi connectivity index (χ2n) is 5.29. The molecule has 2 aliphatic rings. The van der Waals surface area contributed by atoms with E-state index in [-0.39, 0.29) is 17.4 Å². The number of ether oxygens (including phenoxy) is 1. The van der Waals surface area contributed by atoms with Gasteiger partial charge >= 0.3 is 6.09 Å². The van der Waals surface area contributed by atoms with E-state index < -0.39 is 0 Å². The molecule has 0 unspecified atom stereocenters. The number of hydrogen-bond donors (Lipinski definition) is 2. The zero-order chi connectivity index (χ0) is 13.3. The van der Waals surface area contributed by atoms with E-state index in [1.165, 1.54) is 0 Å². The van der Waals surface area contributed by atoms with Gasteiger partial charge in [-0.15, -0.1) is 0 Å². The first-order valence-corrected chi connectivity index (χ1v) is 6.64. The number of carbonyl (C=O) groups excluding carboxylic acids is 1. The van der Waals surface area contributed by atoms with Crippen molar-refractivity contribution in [3.8, 4) is 5.75 Å². The Kier molecular flexibility index (Phi) is 3.06. The first-order chi connectivity index (χ1) is 9.19. The van der Waals surface area contributed by atoms with Crippen LogP contribution in [0.4, 0.5) is 4.79 Å². The molecule has 102 valence electrons. The van der Waals surface area contributed by atoms with E-state index in [0.717, 1.165) is 31.5 Å². The number of amides is 1. The van der Waals surface area contributed by atoms with Crippen molar-refractivity contribution in [2.45, 2.75) is 25.0 Å². The molecule has 0 aromatic heterocycles. The van der Waals surface area contributed by atoms with Crippen LogP contribution < -0.4 is 5.32 Å². The largest absolute Gasteiger partial charge is 0.508 e. The maximum absolute atomic E-state index is 12.0. The molecule has 2 N–H and O–H groups in total. The molecular weight excluding hydrogens is 244 g/mol. The molecule has 2 fully saturated rings. The zero-order valence-corrected chi connectivity index (χ0v) is 10.8. The van der Waals surface area contributed by atoms with Crippen LogP contribution in [0.15, 0.2) is 24.3 Å². The number of nitrogens with zero attached hydrogens (tertiary/aromatic N) is 1. The third kappa shape index (κ3) is 2.38. The smallest absolute Gasteiger partial charge is 0.410 e. The Morgan fingerprint density at radius 1 is 1.32 bits per heavy atom. The second kappa shape index (κ2) is 4.74. The molecule has 2 heterocycles. The van der Waals surface area contributed by atoms with Crippen molar-refractivity contribution in [2.75, 3.05) is 19.6 Å². The quantitative estimate of drug-likeness (QED) is 0.847. The molecule has 0 aliphatic carbocycles. The highest BCUT2D eigenvalue weighted by Crippen LogP contribution is 2.32. The molecule has 1 amide bonds. The second-order valence-corrected chi connectivity index (χ2v) is 5.29. The molecular formula is C14H18N2O3. The van der Waals surface area contributed by atoms with Gasteiger partial charge in [-0.1, -0.05) is 18.2 Å². The SMILES string of the molecule is O=C1OC2(CCNCC2)CN1Cc1ccccc1O. The number of rotatable bonds is 2. The van der Waals surface area contributed by atoms with Crippen molar-refractivity contribution in [2.24, 2.45) is 0 Å². The molecule has 5 heteroatoms. The minimum atomic E-state index is -0.327. The third-order valence-electron chi connectivity index (χ3n) is 3.91. The summed E-state index contributed by atoms with van der Waals surface area (Å²) in [6, 6.07) is 7.10. The fourth-order valence-corrected chi connectivity index (χ4v) is 2.81. The average molecular weight is 262 g/mol. The lowest BCUT2D eigenvalue weighted by atomic mass is 9.92. The summed E-state index contributed by atoms with van der Waals surface area (Å²) in [5.74, 6) is 0.224. The molecule has 2 saturated heterocycles. The van der Waals surface area contributed by atoms with E-state index in [2.05, 4.69) is 5.32 Å². The predicted molar refractivity (Wildman–Crippen MR) is 69.8 cm³/mol. The van der Waals surface area contributed by atoms with Gasteiger partial charge in [0, 0.05) is 18.4 Å². The Balaban J connectivity index is 1.72. The summed E-state index contributed by atoms with van der Waals surface area (Å²) in [6.07, 6.45) is 1.44. The van der Waals surface area contributed by atoms with Gasteiger partial charge in [-0.25, -0.2) is 4.79 Å². The number of benzene rings is 1. The molecule has 3 rings (SSSR count). The van der Waals surface area contributed by atoms with Gasteiger partial charge in [-0.2, -0.15) is 0 Å². The number of aromatic hydroxyl groups is 1. The number of para-hydroxylation sites is 1. The third-order valence-corrected chi connectivity index (χ3v) is 3.91. The fraction of sp³-hybridized carbons (Fsp3) is 0.500. The van der Waals surface area contributed by atoms with Gasteiger partial charge in [-0.3, -0.25) is 4.90 Å². The monoisotopic (exact) mass is 262 g/mol. The molecule has 1 aromatic rings. The molecule has 1 aromatic carbocycles. The lowest BCUT2D eigenvalue weighted by molar-refractivity contribution is 0.0316. The van der Waals surface area contributed by atoms with Crippen LogP contribution in [-0.4, -0.2) is 41.3 Å². The van der Waals surface area contributed by atoms with E-state index in [4.69, 9.17) is 4.74 Å². The van der Waals surface area contributed by atoms with E-state index in [1.807, 2.05) is 12.1 Å². The lowest BCUT2D eigenvalue weighted by Gasteiger charge is -2.31. The topological polar surface area (TPSA) is 61.8 Å². The van der Waals surface area contributed by atoms with Crippen LogP contribution in [0.1, 0.15) is 18.4 Å². The Morgan fingerprint density at radius 3 is 2.79 bits per heavy atom. The van der Waals surface area contributed by atoms with Gasteiger partial charge in [0.1, 0.15) is 11.4 Å². The molecule has 5 nitrogen and oxygen atoms in total. The highest BCUT2D eigenvalue weighted by Gasteiger charge is 2.45. The van der Waals surface area contributed by atoms with E-state index in [1.54, 1.807) is 17.0 Å². The highest BCUT2D eigenvalue weighted by molar-refractivity contribution is 5.71. The summed E-state index contributed by atoms with van der Waals surface area (Å²) in [5, 5.41) is 13.0.